The molecule has 0 fully saturated rings. The molecule has 1 atom stereocenters. The second-order valence-corrected chi connectivity index (χ2v) is 9.26. The van der Waals surface area contributed by atoms with E-state index in [9.17, 15) is 31.1 Å². The minimum absolute atomic E-state index is 0.152. The fourth-order valence-electron chi connectivity index (χ4n) is 4.79. The van der Waals surface area contributed by atoms with Crippen LogP contribution in [0.3, 0.4) is 0 Å². The van der Waals surface area contributed by atoms with Crippen molar-refractivity contribution >= 4 is 11.6 Å². The third-order valence-electron chi connectivity index (χ3n) is 6.63. The van der Waals surface area contributed by atoms with Crippen molar-refractivity contribution in [2.45, 2.75) is 37.8 Å². The molecule has 39 heavy (non-hydrogen) atoms. The Morgan fingerprint density at radius 3 is 2.33 bits per heavy atom. The van der Waals surface area contributed by atoms with Gasteiger partial charge in [-0.1, -0.05) is 24.3 Å². The van der Waals surface area contributed by atoms with Crippen molar-refractivity contribution in [3.8, 4) is 11.1 Å². The van der Waals surface area contributed by atoms with Gasteiger partial charge in [-0.2, -0.15) is 26.3 Å². The van der Waals surface area contributed by atoms with Gasteiger partial charge in [-0.05, 0) is 65.9 Å². The Kier molecular flexibility index (Phi) is 6.94. The van der Waals surface area contributed by atoms with Crippen LogP contribution in [0.4, 0.5) is 32.0 Å². The maximum absolute atomic E-state index is 13.9. The van der Waals surface area contributed by atoms with E-state index in [0.29, 0.717) is 30.8 Å². The van der Waals surface area contributed by atoms with Crippen LogP contribution in [0.25, 0.3) is 11.1 Å². The van der Waals surface area contributed by atoms with E-state index in [1.807, 2.05) is 6.07 Å². The molecular weight excluding hydrogens is 522 g/mol. The first-order chi connectivity index (χ1) is 18.5. The van der Waals surface area contributed by atoms with Crippen LogP contribution in [0.5, 0.6) is 0 Å². The molecule has 5 rings (SSSR count). The Labute approximate surface area is 219 Å². The van der Waals surface area contributed by atoms with Crippen LogP contribution in [0.15, 0.2) is 73.1 Å². The summed E-state index contributed by atoms with van der Waals surface area (Å²) in [5.41, 5.74) is -0.568. The number of imidazole rings is 1. The van der Waals surface area contributed by atoms with E-state index in [2.05, 4.69) is 20.6 Å². The summed E-state index contributed by atoms with van der Waals surface area (Å²) in [4.78, 5) is 20.4. The van der Waals surface area contributed by atoms with Gasteiger partial charge in [-0.25, -0.2) is 4.98 Å². The number of carbonyl (C=O) groups excluding carboxylic acids is 1. The molecule has 0 radical (unpaired) electrons. The first kappa shape index (κ1) is 26.5. The highest BCUT2D eigenvalue weighted by Crippen LogP contribution is 2.40. The molecule has 0 saturated carbocycles. The van der Waals surface area contributed by atoms with Crippen molar-refractivity contribution in [2.75, 3.05) is 5.32 Å². The van der Waals surface area contributed by atoms with E-state index < -0.39 is 35.0 Å². The quantitative estimate of drug-likeness (QED) is 0.239. The zero-order valence-electron chi connectivity index (χ0n) is 20.3. The van der Waals surface area contributed by atoms with E-state index in [-0.39, 0.29) is 17.2 Å². The zero-order chi connectivity index (χ0) is 27.8. The number of fused-ring (bicyclic) bond motifs is 1. The van der Waals surface area contributed by atoms with Gasteiger partial charge in [0.05, 0.1) is 17.7 Å². The van der Waals surface area contributed by atoms with E-state index in [1.165, 1.54) is 6.07 Å². The lowest BCUT2D eigenvalue weighted by Crippen LogP contribution is -2.29. The molecule has 3 aromatic carbocycles. The number of aromatic amines is 1. The van der Waals surface area contributed by atoms with Crippen LogP contribution < -0.4 is 10.6 Å². The number of amides is 1. The second kappa shape index (κ2) is 10.2. The fraction of sp³-hybridized carbons (Fsp3) is 0.214. The van der Waals surface area contributed by atoms with Gasteiger partial charge in [0, 0.05) is 35.2 Å². The molecule has 1 amide bonds. The minimum Gasteiger partial charge on any atom is -0.348 e. The highest BCUT2D eigenvalue weighted by Gasteiger charge is 2.36. The molecule has 5 nitrogen and oxygen atoms in total. The van der Waals surface area contributed by atoms with Crippen molar-refractivity contribution in [1.29, 1.82) is 0 Å². The monoisotopic (exact) mass is 544 g/mol. The molecule has 0 saturated heterocycles. The van der Waals surface area contributed by atoms with Gasteiger partial charge in [0.1, 0.15) is 5.82 Å². The molecule has 0 unspecified atom stereocenters. The Morgan fingerprint density at radius 2 is 1.67 bits per heavy atom. The van der Waals surface area contributed by atoms with Crippen molar-refractivity contribution in [3.63, 3.8) is 0 Å². The maximum atomic E-state index is 13.9. The van der Waals surface area contributed by atoms with Crippen LogP contribution in [0, 0.1) is 0 Å². The summed E-state index contributed by atoms with van der Waals surface area (Å²) in [7, 11) is 0. The van der Waals surface area contributed by atoms with Gasteiger partial charge in [-0.3, -0.25) is 4.79 Å². The average molecular weight is 544 g/mol. The first-order valence-electron chi connectivity index (χ1n) is 12.0. The van der Waals surface area contributed by atoms with E-state index in [4.69, 9.17) is 0 Å². The number of hydrogen-bond donors (Lipinski definition) is 3. The van der Waals surface area contributed by atoms with Gasteiger partial charge in [0.15, 0.2) is 0 Å². The molecule has 11 heteroatoms. The van der Waals surface area contributed by atoms with Crippen LogP contribution >= 0.6 is 0 Å². The predicted octanol–water partition coefficient (Wildman–Crippen LogP) is 6.62. The second-order valence-electron chi connectivity index (χ2n) is 9.26. The average Bonchev–Trinajstić information content (AvgIpc) is 3.55. The number of hydrogen-bond acceptors (Lipinski definition) is 3. The minimum atomic E-state index is -4.83. The molecule has 0 aliphatic heterocycles. The number of anilines is 1. The number of aromatic nitrogens is 2. The maximum Gasteiger partial charge on any atom is 0.417 e. The largest absolute Gasteiger partial charge is 0.417 e. The van der Waals surface area contributed by atoms with Crippen molar-refractivity contribution in [3.05, 3.63) is 107 Å². The van der Waals surface area contributed by atoms with Gasteiger partial charge in [-0.15, -0.1) is 0 Å². The molecule has 202 valence electrons. The smallest absolute Gasteiger partial charge is 0.348 e. The summed E-state index contributed by atoms with van der Waals surface area (Å²) < 4.78 is 80.7. The van der Waals surface area contributed by atoms with Crippen LogP contribution in [-0.2, 0) is 31.7 Å². The summed E-state index contributed by atoms with van der Waals surface area (Å²) in [6, 6.07) is 11.9. The number of H-pyrrole nitrogens is 1. The first-order valence-corrected chi connectivity index (χ1v) is 12.0. The summed E-state index contributed by atoms with van der Waals surface area (Å²) >= 11 is 0. The summed E-state index contributed by atoms with van der Waals surface area (Å²) in [5.74, 6) is 0.00489. The van der Waals surface area contributed by atoms with Crippen molar-refractivity contribution < 1.29 is 31.1 Å². The highest BCUT2D eigenvalue weighted by molar-refractivity contribution is 6.09. The lowest BCUT2D eigenvalue weighted by Gasteiger charge is -2.18. The third kappa shape index (κ3) is 5.83. The third-order valence-corrected chi connectivity index (χ3v) is 6.63. The Balaban J connectivity index is 1.39. The standard InChI is InChI=1S/C28H22F6N4O/c29-27(30,31)19-7-4-16(5-8-19)25-22(2-1-3-23(25)28(32,33)34)26(39)38-20-9-6-17-12-21(14-18(17)13-20)37-15-24-35-10-11-36-24/h1-11,13,21,37H,12,14-15H2,(H,35,36)(H,38,39)/t21-/m0/s1. The number of rotatable bonds is 6. The van der Waals surface area contributed by atoms with Gasteiger partial charge in [0.25, 0.3) is 5.91 Å². The molecule has 0 spiro atoms. The lowest BCUT2D eigenvalue weighted by molar-refractivity contribution is -0.138. The van der Waals surface area contributed by atoms with Gasteiger partial charge >= 0.3 is 12.4 Å². The van der Waals surface area contributed by atoms with E-state index in [1.54, 1.807) is 24.5 Å². The fourth-order valence-corrected chi connectivity index (χ4v) is 4.79. The Hall–Kier alpha value is -4.12. The molecule has 1 aliphatic rings. The number of nitrogens with one attached hydrogen (secondary N) is 3. The highest BCUT2D eigenvalue weighted by atomic mass is 19.4. The van der Waals surface area contributed by atoms with Crippen LogP contribution in [0.1, 0.15) is 38.4 Å². The number of benzene rings is 3. The molecule has 4 aromatic rings. The molecule has 0 bridgehead atoms. The van der Waals surface area contributed by atoms with Crippen LogP contribution in [0.2, 0.25) is 0 Å². The zero-order valence-corrected chi connectivity index (χ0v) is 20.3. The summed E-state index contributed by atoms with van der Waals surface area (Å²) in [5, 5.41) is 6.08. The number of carbonyl (C=O) groups is 1. The normalized spacial score (nSPS) is 15.3. The lowest BCUT2D eigenvalue weighted by atomic mass is 9.92. The van der Waals surface area contributed by atoms with Crippen molar-refractivity contribution in [2.24, 2.45) is 0 Å². The summed E-state index contributed by atoms with van der Waals surface area (Å²) in [6.45, 7) is 0.567. The predicted molar refractivity (Wildman–Crippen MR) is 133 cm³/mol. The topological polar surface area (TPSA) is 69.8 Å². The molecule has 1 aliphatic carbocycles. The number of halogens is 6. The van der Waals surface area contributed by atoms with Gasteiger partial charge in [0.2, 0.25) is 0 Å². The SMILES string of the molecule is O=C(Nc1ccc2c(c1)C[C@@H](NCc1ncc[nH]1)C2)c1cccc(C(F)(F)F)c1-c1ccc(C(F)(F)F)cc1. The molecule has 1 heterocycles. The summed E-state index contributed by atoms with van der Waals surface area (Å²) in [6.07, 6.45) is -4.61. The molecule has 3 N–H and O–H groups in total. The van der Waals surface area contributed by atoms with E-state index in [0.717, 1.165) is 47.6 Å². The van der Waals surface area contributed by atoms with E-state index >= 15 is 0 Å². The number of nitrogens with zero attached hydrogens (tertiary/aromatic N) is 1. The van der Waals surface area contributed by atoms with Crippen LogP contribution in [-0.4, -0.2) is 21.9 Å². The van der Waals surface area contributed by atoms with Crippen molar-refractivity contribution in [1.82, 2.24) is 15.3 Å². The number of alkyl halides is 6. The van der Waals surface area contributed by atoms with Gasteiger partial charge < -0.3 is 15.6 Å². The Bertz CT molecular complexity index is 1480. The molecule has 1 aromatic heterocycles. The Morgan fingerprint density at radius 1 is 0.923 bits per heavy atom. The molecular formula is C28H22F6N4O.